The fourth-order valence-electron chi connectivity index (χ4n) is 1.71. The lowest BCUT2D eigenvalue weighted by atomic mass is 10.1. The molecule has 1 aromatic rings. The molecular formula is C16H18N4. The van der Waals surface area contributed by atoms with Crippen LogP contribution in [0.15, 0.2) is 46.7 Å². The van der Waals surface area contributed by atoms with Crippen molar-refractivity contribution in [2.24, 2.45) is 5.10 Å². The quantitative estimate of drug-likeness (QED) is 0.450. The molecule has 0 amide bonds. The first kappa shape index (κ1) is 15.5. The first-order chi connectivity index (χ1) is 9.72. The zero-order valence-corrected chi connectivity index (χ0v) is 11.9. The van der Waals surface area contributed by atoms with E-state index in [2.05, 4.69) is 12.0 Å². The number of nitrogens with zero attached hydrogens (tertiary/aromatic N) is 4. The molecule has 1 rings (SSSR count). The highest BCUT2D eigenvalue weighted by Crippen LogP contribution is 2.16. The maximum absolute atomic E-state index is 9.02. The molecule has 102 valence electrons. The summed E-state index contributed by atoms with van der Waals surface area (Å²) in [4.78, 5) is 0. The number of nitriles is 2. The van der Waals surface area contributed by atoms with Crippen molar-refractivity contribution >= 4 is 6.21 Å². The van der Waals surface area contributed by atoms with E-state index in [4.69, 9.17) is 10.5 Å². The van der Waals surface area contributed by atoms with Crippen molar-refractivity contribution in [2.45, 2.75) is 26.2 Å². The molecule has 0 radical (unpaired) electrons. The second-order valence-corrected chi connectivity index (χ2v) is 4.33. The van der Waals surface area contributed by atoms with Crippen molar-refractivity contribution < 1.29 is 0 Å². The summed E-state index contributed by atoms with van der Waals surface area (Å²) in [5.41, 5.74) is 1.78. The Labute approximate surface area is 120 Å². The van der Waals surface area contributed by atoms with Crippen LogP contribution < -0.4 is 0 Å². The largest absolute Gasteiger partial charge is 0.271 e. The van der Waals surface area contributed by atoms with E-state index in [0.717, 1.165) is 18.4 Å². The molecule has 0 aliphatic heterocycles. The molecule has 0 atom stereocenters. The summed E-state index contributed by atoms with van der Waals surface area (Å²) in [6, 6.07) is 13.6. The Morgan fingerprint density at radius 3 is 2.45 bits per heavy atom. The fraction of sp³-hybridized carbons (Fsp3) is 0.312. The lowest BCUT2D eigenvalue weighted by Crippen LogP contribution is -2.13. The van der Waals surface area contributed by atoms with Gasteiger partial charge in [-0.05, 0) is 18.4 Å². The van der Waals surface area contributed by atoms with E-state index >= 15 is 0 Å². The smallest absolute Gasteiger partial charge is 0.150 e. The van der Waals surface area contributed by atoms with Crippen molar-refractivity contribution in [1.29, 1.82) is 10.5 Å². The van der Waals surface area contributed by atoms with E-state index < -0.39 is 0 Å². The first-order valence-electron chi connectivity index (χ1n) is 6.59. The van der Waals surface area contributed by atoms with Gasteiger partial charge in [0.15, 0.2) is 5.57 Å². The van der Waals surface area contributed by atoms with Crippen LogP contribution in [0.1, 0.15) is 31.7 Å². The number of benzene rings is 1. The van der Waals surface area contributed by atoms with E-state index in [9.17, 15) is 0 Å². The third kappa shape index (κ3) is 4.59. The van der Waals surface area contributed by atoms with Crippen LogP contribution in [0.25, 0.3) is 0 Å². The molecular weight excluding hydrogens is 248 g/mol. The third-order valence-electron chi connectivity index (χ3n) is 2.85. The number of hydrazone groups is 1. The van der Waals surface area contributed by atoms with Crippen LogP contribution in [0, 0.1) is 22.7 Å². The average Bonchev–Trinajstić information content (AvgIpc) is 2.50. The Kier molecular flexibility index (Phi) is 6.57. The van der Waals surface area contributed by atoms with Crippen LogP contribution in [0.4, 0.5) is 0 Å². The number of hydrogen-bond donors (Lipinski definition) is 0. The van der Waals surface area contributed by atoms with E-state index in [1.54, 1.807) is 18.3 Å². The number of rotatable bonds is 6. The molecule has 0 heterocycles. The normalized spacial score (nSPS) is 9.80. The minimum Gasteiger partial charge on any atom is -0.271 e. The molecule has 4 heteroatoms. The Balaban J connectivity index is 2.93. The predicted molar refractivity (Wildman–Crippen MR) is 79.6 cm³/mol. The van der Waals surface area contributed by atoms with Gasteiger partial charge in [0.25, 0.3) is 0 Å². The summed E-state index contributed by atoms with van der Waals surface area (Å²) in [5, 5.41) is 24.0. The van der Waals surface area contributed by atoms with Gasteiger partial charge in [-0.3, -0.25) is 5.01 Å². The van der Waals surface area contributed by atoms with Gasteiger partial charge in [0, 0.05) is 7.05 Å². The topological polar surface area (TPSA) is 63.2 Å². The first-order valence-corrected chi connectivity index (χ1v) is 6.59. The van der Waals surface area contributed by atoms with Crippen molar-refractivity contribution in [1.82, 2.24) is 5.01 Å². The summed E-state index contributed by atoms with van der Waals surface area (Å²) >= 11 is 0. The van der Waals surface area contributed by atoms with Gasteiger partial charge in [-0.2, -0.15) is 15.6 Å². The van der Waals surface area contributed by atoms with E-state index in [-0.39, 0.29) is 5.57 Å². The molecule has 20 heavy (non-hydrogen) atoms. The van der Waals surface area contributed by atoms with Crippen LogP contribution in [-0.4, -0.2) is 18.3 Å². The molecule has 0 N–H and O–H groups in total. The van der Waals surface area contributed by atoms with Crippen LogP contribution in [0.2, 0.25) is 0 Å². The molecule has 0 aliphatic rings. The molecule has 0 spiro atoms. The molecule has 0 aliphatic carbocycles. The Bertz CT molecular complexity index is 542. The monoisotopic (exact) mass is 266 g/mol. The van der Waals surface area contributed by atoms with Crippen molar-refractivity contribution in [3.05, 3.63) is 47.2 Å². The minimum atomic E-state index is 0.131. The van der Waals surface area contributed by atoms with Gasteiger partial charge >= 0.3 is 0 Å². The highest BCUT2D eigenvalue weighted by atomic mass is 15.4. The van der Waals surface area contributed by atoms with Crippen molar-refractivity contribution in [3.8, 4) is 12.1 Å². The standard InChI is InChI=1S/C16H18N4/c1-3-4-10-16(15(11-17)12-18)20(2)19-13-14-8-6-5-7-9-14/h5-9,13H,3-4,10H2,1-2H3/b19-13+. The van der Waals surface area contributed by atoms with Gasteiger partial charge in [-0.1, -0.05) is 43.7 Å². The van der Waals surface area contributed by atoms with Crippen molar-refractivity contribution in [3.63, 3.8) is 0 Å². The molecule has 0 saturated carbocycles. The molecule has 0 saturated heterocycles. The highest BCUT2D eigenvalue weighted by Gasteiger charge is 2.10. The number of unbranched alkanes of at least 4 members (excludes halogenated alkanes) is 1. The predicted octanol–water partition coefficient (Wildman–Crippen LogP) is 3.44. The molecule has 0 aromatic heterocycles. The van der Waals surface area contributed by atoms with Gasteiger partial charge in [0.05, 0.1) is 11.9 Å². The van der Waals surface area contributed by atoms with Gasteiger partial charge < -0.3 is 0 Å². The zero-order chi connectivity index (χ0) is 14.8. The van der Waals surface area contributed by atoms with Gasteiger partial charge in [-0.15, -0.1) is 0 Å². The summed E-state index contributed by atoms with van der Waals surface area (Å²) in [7, 11) is 1.76. The van der Waals surface area contributed by atoms with Crippen LogP contribution in [0.5, 0.6) is 0 Å². The maximum atomic E-state index is 9.02. The van der Waals surface area contributed by atoms with Gasteiger partial charge in [-0.25, -0.2) is 0 Å². The molecule has 1 aromatic carbocycles. The third-order valence-corrected chi connectivity index (χ3v) is 2.85. The number of allylic oxidation sites excluding steroid dienone is 2. The minimum absolute atomic E-state index is 0.131. The molecule has 0 bridgehead atoms. The summed E-state index contributed by atoms with van der Waals surface area (Å²) < 4.78 is 0. The van der Waals surface area contributed by atoms with E-state index in [0.29, 0.717) is 12.1 Å². The maximum Gasteiger partial charge on any atom is 0.150 e. The SMILES string of the molecule is CCCCC(=C(C#N)C#N)N(C)/N=C/c1ccccc1. The van der Waals surface area contributed by atoms with E-state index in [1.807, 2.05) is 42.5 Å². The van der Waals surface area contributed by atoms with Gasteiger partial charge in [0.2, 0.25) is 0 Å². The Hall–Kier alpha value is -2.59. The lowest BCUT2D eigenvalue weighted by molar-refractivity contribution is 0.422. The summed E-state index contributed by atoms with van der Waals surface area (Å²) in [5.74, 6) is 0. The van der Waals surface area contributed by atoms with Crippen molar-refractivity contribution in [2.75, 3.05) is 7.05 Å². The second kappa shape index (κ2) is 8.50. The van der Waals surface area contributed by atoms with E-state index in [1.165, 1.54) is 0 Å². The molecule has 0 unspecified atom stereocenters. The average molecular weight is 266 g/mol. The molecule has 0 fully saturated rings. The van der Waals surface area contributed by atoms with Crippen LogP contribution in [0.3, 0.4) is 0 Å². The van der Waals surface area contributed by atoms with Crippen LogP contribution in [-0.2, 0) is 0 Å². The van der Waals surface area contributed by atoms with Crippen LogP contribution >= 0.6 is 0 Å². The Morgan fingerprint density at radius 2 is 1.90 bits per heavy atom. The number of hydrogen-bond acceptors (Lipinski definition) is 4. The molecule has 4 nitrogen and oxygen atoms in total. The second-order valence-electron chi connectivity index (χ2n) is 4.33. The Morgan fingerprint density at radius 1 is 1.25 bits per heavy atom. The lowest BCUT2D eigenvalue weighted by Gasteiger charge is -2.17. The van der Waals surface area contributed by atoms with Gasteiger partial charge in [0.1, 0.15) is 12.1 Å². The highest BCUT2D eigenvalue weighted by molar-refractivity contribution is 5.79. The fourth-order valence-corrected chi connectivity index (χ4v) is 1.71. The zero-order valence-electron chi connectivity index (χ0n) is 11.9. The summed E-state index contributed by atoms with van der Waals surface area (Å²) in [6.45, 7) is 2.07. The summed E-state index contributed by atoms with van der Waals surface area (Å²) in [6.07, 6.45) is 4.32.